The fourth-order valence-electron chi connectivity index (χ4n) is 2.39. The van der Waals surface area contributed by atoms with Gasteiger partial charge in [0.1, 0.15) is 5.60 Å². The molecule has 0 spiro atoms. The molecule has 3 nitrogen and oxygen atoms in total. The van der Waals surface area contributed by atoms with Crippen molar-refractivity contribution in [1.29, 1.82) is 0 Å². The third-order valence-corrected chi connectivity index (χ3v) is 3.98. The summed E-state index contributed by atoms with van der Waals surface area (Å²) in [5, 5.41) is 10.8. The molecular formula is C18H24N2O. The Labute approximate surface area is 127 Å². The van der Waals surface area contributed by atoms with Crippen molar-refractivity contribution in [3.63, 3.8) is 0 Å². The van der Waals surface area contributed by atoms with Crippen LogP contribution in [0, 0.1) is 6.92 Å². The molecule has 0 radical (unpaired) electrons. The zero-order chi connectivity index (χ0) is 15.3. The first kappa shape index (κ1) is 15.5. The Morgan fingerprint density at radius 3 is 2.24 bits per heavy atom. The molecule has 3 N–H and O–H groups in total. The number of anilines is 1. The number of hydrogen-bond donors (Lipinski definition) is 2. The lowest BCUT2D eigenvalue weighted by molar-refractivity contribution is 0.0390. The third-order valence-electron chi connectivity index (χ3n) is 3.98. The van der Waals surface area contributed by atoms with Gasteiger partial charge in [0.15, 0.2) is 0 Å². The van der Waals surface area contributed by atoms with Crippen LogP contribution in [0.4, 0.5) is 5.69 Å². The minimum atomic E-state index is -0.972. The molecule has 0 fully saturated rings. The molecule has 0 aliphatic rings. The van der Waals surface area contributed by atoms with Crippen molar-refractivity contribution in [2.75, 3.05) is 25.0 Å². The second-order valence-electron chi connectivity index (χ2n) is 5.61. The molecule has 0 aromatic heterocycles. The Morgan fingerprint density at radius 1 is 1.05 bits per heavy atom. The highest BCUT2D eigenvalue weighted by Crippen LogP contribution is 2.25. The molecule has 0 aliphatic carbocycles. The second kappa shape index (κ2) is 6.74. The van der Waals surface area contributed by atoms with E-state index in [4.69, 9.17) is 5.73 Å². The molecule has 1 atom stereocenters. The van der Waals surface area contributed by atoms with E-state index in [1.807, 2.05) is 37.4 Å². The second-order valence-corrected chi connectivity index (χ2v) is 5.61. The summed E-state index contributed by atoms with van der Waals surface area (Å²) in [5.41, 5.74) is 8.11. The summed E-state index contributed by atoms with van der Waals surface area (Å²) in [5.74, 6) is 0. The zero-order valence-electron chi connectivity index (χ0n) is 12.8. The van der Waals surface area contributed by atoms with Crippen molar-refractivity contribution in [2.24, 2.45) is 5.73 Å². The van der Waals surface area contributed by atoms with Crippen LogP contribution in [-0.4, -0.2) is 25.2 Å². The van der Waals surface area contributed by atoms with Gasteiger partial charge in [-0.1, -0.05) is 48.0 Å². The van der Waals surface area contributed by atoms with Gasteiger partial charge in [-0.2, -0.15) is 0 Å². The topological polar surface area (TPSA) is 49.5 Å². The number of hydrogen-bond acceptors (Lipinski definition) is 3. The molecule has 0 heterocycles. The van der Waals surface area contributed by atoms with Crippen LogP contribution in [0.3, 0.4) is 0 Å². The Balaban J connectivity index is 2.04. The summed E-state index contributed by atoms with van der Waals surface area (Å²) in [7, 11) is 2.03. The predicted molar refractivity (Wildman–Crippen MR) is 88.5 cm³/mol. The first-order valence-electron chi connectivity index (χ1n) is 7.31. The number of aliphatic hydroxyl groups is 1. The molecule has 21 heavy (non-hydrogen) atoms. The van der Waals surface area contributed by atoms with Crippen LogP contribution >= 0.6 is 0 Å². The predicted octanol–water partition coefficient (Wildman–Crippen LogP) is 2.67. The van der Waals surface area contributed by atoms with Gasteiger partial charge >= 0.3 is 0 Å². The standard InChI is InChI=1S/C18H24N2O/c1-15-8-10-17(11-9-15)20(2)13-12-18(21,14-19)16-6-4-3-5-7-16/h3-11,21H,12-14,19H2,1-2H3. The summed E-state index contributed by atoms with van der Waals surface area (Å²) in [6.45, 7) is 3.04. The van der Waals surface area contributed by atoms with Crippen molar-refractivity contribution >= 4 is 5.69 Å². The molecule has 0 amide bonds. The van der Waals surface area contributed by atoms with Crippen LogP contribution < -0.4 is 10.6 Å². The van der Waals surface area contributed by atoms with Crippen molar-refractivity contribution in [3.05, 3.63) is 65.7 Å². The van der Waals surface area contributed by atoms with E-state index in [0.29, 0.717) is 6.42 Å². The van der Waals surface area contributed by atoms with Crippen molar-refractivity contribution in [1.82, 2.24) is 0 Å². The van der Waals surface area contributed by atoms with E-state index in [2.05, 4.69) is 36.1 Å². The van der Waals surface area contributed by atoms with Gasteiger partial charge in [0, 0.05) is 25.8 Å². The smallest absolute Gasteiger partial charge is 0.103 e. The summed E-state index contributed by atoms with van der Waals surface area (Å²) in [6.07, 6.45) is 0.595. The molecule has 3 heteroatoms. The number of aryl methyl sites for hydroxylation is 1. The molecule has 112 valence electrons. The first-order chi connectivity index (χ1) is 10.0. The molecule has 0 saturated heterocycles. The Morgan fingerprint density at radius 2 is 1.67 bits per heavy atom. The fourth-order valence-corrected chi connectivity index (χ4v) is 2.39. The monoisotopic (exact) mass is 284 g/mol. The molecule has 2 rings (SSSR count). The maximum atomic E-state index is 10.8. The summed E-state index contributed by atoms with van der Waals surface area (Å²) >= 11 is 0. The van der Waals surface area contributed by atoms with E-state index in [0.717, 1.165) is 17.8 Å². The van der Waals surface area contributed by atoms with Gasteiger partial charge in [0.05, 0.1) is 0 Å². The minimum absolute atomic E-state index is 0.221. The molecule has 0 saturated carbocycles. The van der Waals surface area contributed by atoms with E-state index < -0.39 is 5.60 Å². The Hall–Kier alpha value is -1.84. The highest BCUT2D eigenvalue weighted by molar-refractivity contribution is 5.46. The van der Waals surface area contributed by atoms with Gasteiger partial charge in [-0.25, -0.2) is 0 Å². The lowest BCUT2D eigenvalue weighted by atomic mass is 9.90. The van der Waals surface area contributed by atoms with Crippen LogP contribution in [0.1, 0.15) is 17.5 Å². The number of nitrogens with two attached hydrogens (primary N) is 1. The molecular weight excluding hydrogens is 260 g/mol. The van der Waals surface area contributed by atoms with E-state index in [1.165, 1.54) is 5.56 Å². The van der Waals surface area contributed by atoms with Crippen LogP contribution in [0.2, 0.25) is 0 Å². The van der Waals surface area contributed by atoms with Crippen LogP contribution in [0.5, 0.6) is 0 Å². The average Bonchev–Trinajstić information content (AvgIpc) is 2.54. The van der Waals surface area contributed by atoms with E-state index in [9.17, 15) is 5.11 Å². The van der Waals surface area contributed by atoms with Crippen LogP contribution in [0.15, 0.2) is 54.6 Å². The number of nitrogens with zero attached hydrogens (tertiary/aromatic N) is 1. The van der Waals surface area contributed by atoms with Gasteiger partial charge in [0.25, 0.3) is 0 Å². The Kier molecular flexibility index (Phi) is 4.99. The minimum Gasteiger partial charge on any atom is -0.384 e. The highest BCUT2D eigenvalue weighted by Gasteiger charge is 2.27. The quantitative estimate of drug-likeness (QED) is 0.857. The lowest BCUT2D eigenvalue weighted by Crippen LogP contribution is -2.38. The normalized spacial score (nSPS) is 13.7. The van der Waals surface area contributed by atoms with Gasteiger partial charge in [-0.3, -0.25) is 0 Å². The third kappa shape index (κ3) is 3.84. The van der Waals surface area contributed by atoms with Gasteiger partial charge in [0.2, 0.25) is 0 Å². The molecule has 2 aromatic rings. The molecule has 2 aromatic carbocycles. The SMILES string of the molecule is Cc1ccc(N(C)CCC(O)(CN)c2ccccc2)cc1. The van der Waals surface area contributed by atoms with Crippen molar-refractivity contribution in [2.45, 2.75) is 18.9 Å². The summed E-state index contributed by atoms with van der Waals surface area (Å²) in [6, 6.07) is 18.0. The average molecular weight is 284 g/mol. The first-order valence-corrected chi connectivity index (χ1v) is 7.31. The Bertz CT molecular complexity index is 553. The molecule has 0 bridgehead atoms. The zero-order valence-corrected chi connectivity index (χ0v) is 12.8. The van der Waals surface area contributed by atoms with Crippen molar-refractivity contribution < 1.29 is 5.11 Å². The van der Waals surface area contributed by atoms with Gasteiger partial charge in [-0.15, -0.1) is 0 Å². The van der Waals surface area contributed by atoms with Crippen LogP contribution in [0.25, 0.3) is 0 Å². The number of rotatable bonds is 6. The summed E-state index contributed by atoms with van der Waals surface area (Å²) in [4.78, 5) is 2.14. The maximum Gasteiger partial charge on any atom is 0.103 e. The van der Waals surface area contributed by atoms with E-state index >= 15 is 0 Å². The van der Waals surface area contributed by atoms with Crippen LogP contribution in [-0.2, 0) is 5.60 Å². The fraction of sp³-hybridized carbons (Fsp3) is 0.333. The summed E-state index contributed by atoms with van der Waals surface area (Å²) < 4.78 is 0. The van der Waals surface area contributed by atoms with Gasteiger partial charge < -0.3 is 15.7 Å². The van der Waals surface area contributed by atoms with Crippen molar-refractivity contribution in [3.8, 4) is 0 Å². The van der Waals surface area contributed by atoms with Gasteiger partial charge in [-0.05, 0) is 31.0 Å². The lowest BCUT2D eigenvalue weighted by Gasteiger charge is -2.30. The molecule has 0 aliphatic heterocycles. The number of benzene rings is 2. The van der Waals surface area contributed by atoms with E-state index in [-0.39, 0.29) is 6.54 Å². The largest absolute Gasteiger partial charge is 0.384 e. The molecule has 1 unspecified atom stereocenters. The van der Waals surface area contributed by atoms with E-state index in [1.54, 1.807) is 0 Å². The highest BCUT2D eigenvalue weighted by atomic mass is 16.3. The maximum absolute atomic E-state index is 10.8.